The van der Waals surface area contributed by atoms with Crippen molar-refractivity contribution >= 4 is 34.1 Å². The Morgan fingerprint density at radius 1 is 1.26 bits per heavy atom. The van der Waals surface area contributed by atoms with Crippen LogP contribution in [0.25, 0.3) is 11.3 Å². The number of hydrogen-bond donors (Lipinski definition) is 1. The molecule has 1 amide bonds. The highest BCUT2D eigenvalue weighted by molar-refractivity contribution is 7.99. The number of benzene rings is 1. The number of anilines is 1. The molecule has 1 fully saturated rings. The van der Waals surface area contributed by atoms with Crippen molar-refractivity contribution in [1.82, 2.24) is 9.88 Å². The third kappa shape index (κ3) is 5.31. The molecule has 0 radical (unpaired) electrons. The number of halogens is 3. The van der Waals surface area contributed by atoms with Gasteiger partial charge >= 0.3 is 6.18 Å². The van der Waals surface area contributed by atoms with E-state index in [1.807, 2.05) is 17.1 Å². The molecule has 1 aliphatic heterocycles. The van der Waals surface area contributed by atoms with Crippen molar-refractivity contribution < 1.29 is 22.4 Å². The molecule has 31 heavy (non-hydrogen) atoms. The Balaban J connectivity index is 1.46. The van der Waals surface area contributed by atoms with Crippen LogP contribution in [0.4, 0.5) is 18.3 Å². The maximum atomic E-state index is 13.0. The van der Waals surface area contributed by atoms with Crippen LogP contribution in [-0.2, 0) is 12.7 Å². The van der Waals surface area contributed by atoms with Crippen LogP contribution in [0.3, 0.4) is 0 Å². The van der Waals surface area contributed by atoms with Crippen LogP contribution in [0.15, 0.2) is 40.1 Å². The average molecular weight is 468 g/mol. The number of carbonyl (C=O) groups is 1. The minimum absolute atomic E-state index is 0.205. The molecule has 10 heteroatoms. The van der Waals surface area contributed by atoms with Crippen molar-refractivity contribution in [3.8, 4) is 11.3 Å². The highest BCUT2D eigenvalue weighted by Gasteiger charge is 2.31. The number of aryl methyl sites for hydroxylation is 1. The number of rotatable bonds is 5. The molecular weight excluding hydrogens is 447 g/mol. The molecule has 3 heterocycles. The molecule has 0 unspecified atom stereocenters. The van der Waals surface area contributed by atoms with Gasteiger partial charge in [0.1, 0.15) is 11.5 Å². The van der Waals surface area contributed by atoms with E-state index in [0.717, 1.165) is 49.0 Å². The van der Waals surface area contributed by atoms with Gasteiger partial charge in [0.05, 0.1) is 16.8 Å². The molecule has 5 nitrogen and oxygen atoms in total. The first-order valence-electron chi connectivity index (χ1n) is 9.63. The molecule has 0 saturated carbocycles. The van der Waals surface area contributed by atoms with Gasteiger partial charge in [0.2, 0.25) is 0 Å². The Hall–Kier alpha value is -2.30. The summed E-state index contributed by atoms with van der Waals surface area (Å²) in [6.07, 6.45) is -4.45. The summed E-state index contributed by atoms with van der Waals surface area (Å²) in [4.78, 5) is 19.5. The quantitative estimate of drug-likeness (QED) is 0.535. The van der Waals surface area contributed by atoms with Gasteiger partial charge in [-0.05, 0) is 25.1 Å². The van der Waals surface area contributed by atoms with E-state index in [1.165, 1.54) is 29.5 Å². The molecule has 0 atom stereocenters. The summed E-state index contributed by atoms with van der Waals surface area (Å²) in [6, 6.07) is 6.29. The topological polar surface area (TPSA) is 58.4 Å². The molecular formula is C21H20F3N3O2S2. The molecule has 0 bridgehead atoms. The van der Waals surface area contributed by atoms with E-state index < -0.39 is 17.6 Å². The lowest BCUT2D eigenvalue weighted by Crippen LogP contribution is -2.32. The molecule has 3 aromatic rings. The van der Waals surface area contributed by atoms with E-state index in [-0.39, 0.29) is 16.9 Å². The second-order valence-corrected chi connectivity index (χ2v) is 9.23. The maximum absolute atomic E-state index is 13.0. The third-order valence-electron chi connectivity index (χ3n) is 4.90. The lowest BCUT2D eigenvalue weighted by atomic mass is 10.1. The Morgan fingerprint density at radius 2 is 2.03 bits per heavy atom. The smallest absolute Gasteiger partial charge is 0.416 e. The summed E-state index contributed by atoms with van der Waals surface area (Å²) in [6.45, 7) is 4.40. The fraction of sp³-hybridized carbons (Fsp3) is 0.333. The number of nitrogens with zero attached hydrogens (tertiary/aromatic N) is 2. The molecule has 0 spiro atoms. The van der Waals surface area contributed by atoms with Crippen molar-refractivity contribution in [3.63, 3.8) is 0 Å². The second kappa shape index (κ2) is 9.05. The van der Waals surface area contributed by atoms with Gasteiger partial charge in [0, 0.05) is 42.1 Å². The van der Waals surface area contributed by atoms with Gasteiger partial charge in [-0.15, -0.1) is 11.3 Å². The first-order valence-corrected chi connectivity index (χ1v) is 11.7. The summed E-state index contributed by atoms with van der Waals surface area (Å²) in [5.74, 6) is 2.35. The summed E-state index contributed by atoms with van der Waals surface area (Å²) < 4.78 is 44.5. The number of carbonyl (C=O) groups excluding carboxylic acids is 1. The van der Waals surface area contributed by atoms with Crippen LogP contribution in [0.2, 0.25) is 0 Å². The number of thioether (sulfide) groups is 1. The van der Waals surface area contributed by atoms with Crippen LogP contribution in [0, 0.1) is 6.92 Å². The van der Waals surface area contributed by atoms with Crippen LogP contribution in [0.1, 0.15) is 27.4 Å². The standard InChI is InChI=1S/C21H20F3N3O2S2/c1-13-17(10-18(29-13)14-3-2-4-15(9-14)21(22,23)24)19(28)26-20-25-16(12-31-20)11-27-5-7-30-8-6-27/h2-4,9-10,12H,5-8,11H2,1H3,(H,25,26,28). The highest BCUT2D eigenvalue weighted by atomic mass is 32.2. The molecule has 4 rings (SSSR count). The molecule has 164 valence electrons. The Morgan fingerprint density at radius 3 is 2.77 bits per heavy atom. The zero-order valence-electron chi connectivity index (χ0n) is 16.7. The number of furan rings is 1. The van der Waals surface area contributed by atoms with Crippen LogP contribution < -0.4 is 5.32 Å². The van der Waals surface area contributed by atoms with Crippen LogP contribution in [-0.4, -0.2) is 40.4 Å². The predicted molar refractivity (Wildman–Crippen MR) is 117 cm³/mol. The number of hydrogen-bond acceptors (Lipinski definition) is 6. The molecule has 1 aromatic carbocycles. The normalized spacial score (nSPS) is 15.2. The van der Waals surface area contributed by atoms with E-state index in [4.69, 9.17) is 4.42 Å². The number of thiazole rings is 1. The lowest BCUT2D eigenvalue weighted by Gasteiger charge is -2.25. The van der Waals surface area contributed by atoms with E-state index >= 15 is 0 Å². The van der Waals surface area contributed by atoms with E-state index in [2.05, 4.69) is 15.2 Å². The minimum atomic E-state index is -4.45. The van der Waals surface area contributed by atoms with Gasteiger partial charge in [0.15, 0.2) is 5.13 Å². The predicted octanol–water partition coefficient (Wildman–Crippen LogP) is 5.53. The minimum Gasteiger partial charge on any atom is -0.461 e. The number of nitrogens with one attached hydrogen (secondary N) is 1. The van der Waals surface area contributed by atoms with E-state index in [9.17, 15) is 18.0 Å². The van der Waals surface area contributed by atoms with Crippen molar-refractivity contribution in [1.29, 1.82) is 0 Å². The molecule has 1 N–H and O–H groups in total. The van der Waals surface area contributed by atoms with Crippen molar-refractivity contribution in [2.45, 2.75) is 19.6 Å². The average Bonchev–Trinajstić information content (AvgIpc) is 3.34. The zero-order chi connectivity index (χ0) is 22.0. The second-order valence-electron chi connectivity index (χ2n) is 7.15. The van der Waals surface area contributed by atoms with Crippen molar-refractivity contribution in [2.75, 3.05) is 29.9 Å². The van der Waals surface area contributed by atoms with Gasteiger partial charge in [-0.2, -0.15) is 24.9 Å². The SMILES string of the molecule is Cc1oc(-c2cccc(C(F)(F)F)c2)cc1C(=O)Nc1nc(CN2CCSCC2)cs1. The molecule has 1 aliphatic rings. The van der Waals surface area contributed by atoms with Gasteiger partial charge in [-0.25, -0.2) is 4.98 Å². The third-order valence-corrected chi connectivity index (χ3v) is 6.65. The highest BCUT2D eigenvalue weighted by Crippen LogP contribution is 2.33. The maximum Gasteiger partial charge on any atom is 0.416 e. The zero-order valence-corrected chi connectivity index (χ0v) is 18.3. The molecule has 1 saturated heterocycles. The van der Waals surface area contributed by atoms with E-state index in [0.29, 0.717) is 10.9 Å². The monoisotopic (exact) mass is 467 g/mol. The van der Waals surface area contributed by atoms with Gasteiger partial charge in [0.25, 0.3) is 5.91 Å². The summed E-state index contributed by atoms with van der Waals surface area (Å²) in [5.41, 5.74) is 0.652. The van der Waals surface area contributed by atoms with Crippen LogP contribution in [0.5, 0.6) is 0 Å². The van der Waals surface area contributed by atoms with Crippen molar-refractivity contribution in [2.24, 2.45) is 0 Å². The van der Waals surface area contributed by atoms with Gasteiger partial charge < -0.3 is 4.42 Å². The molecule has 0 aliphatic carbocycles. The van der Waals surface area contributed by atoms with Crippen LogP contribution >= 0.6 is 23.1 Å². The fourth-order valence-electron chi connectivity index (χ4n) is 3.29. The number of aromatic nitrogens is 1. The fourth-order valence-corrected chi connectivity index (χ4v) is 4.96. The van der Waals surface area contributed by atoms with E-state index in [1.54, 1.807) is 6.92 Å². The summed E-state index contributed by atoms with van der Waals surface area (Å²) >= 11 is 3.29. The first kappa shape index (κ1) is 21.9. The summed E-state index contributed by atoms with van der Waals surface area (Å²) in [5, 5.41) is 5.17. The van der Waals surface area contributed by atoms with Gasteiger partial charge in [-0.1, -0.05) is 12.1 Å². The summed E-state index contributed by atoms with van der Waals surface area (Å²) in [7, 11) is 0. The number of amides is 1. The largest absolute Gasteiger partial charge is 0.461 e. The Labute approximate surface area is 185 Å². The Kier molecular flexibility index (Phi) is 6.40. The van der Waals surface area contributed by atoms with Gasteiger partial charge in [-0.3, -0.25) is 15.0 Å². The lowest BCUT2D eigenvalue weighted by molar-refractivity contribution is -0.137. The first-order chi connectivity index (χ1) is 14.8. The van der Waals surface area contributed by atoms with Crippen molar-refractivity contribution in [3.05, 3.63) is 58.3 Å². The Bertz CT molecular complexity index is 1070. The number of alkyl halides is 3. The molecule has 2 aromatic heterocycles.